The zero-order valence-corrected chi connectivity index (χ0v) is 14.4. The first kappa shape index (κ1) is 18.7. The van der Waals surface area contributed by atoms with Crippen molar-refractivity contribution in [3.05, 3.63) is 0 Å². The number of amides is 2. The molecule has 0 saturated carbocycles. The Bertz CT molecular complexity index is 397. The zero-order chi connectivity index (χ0) is 16.7. The molecule has 0 aromatic carbocycles. The van der Waals surface area contributed by atoms with E-state index in [2.05, 4.69) is 19.2 Å². The Balaban J connectivity index is 2.91. The van der Waals surface area contributed by atoms with Gasteiger partial charge < -0.3 is 10.2 Å². The summed E-state index contributed by atoms with van der Waals surface area (Å²) in [6.07, 6.45) is 3.19. The van der Waals surface area contributed by atoms with Crippen LogP contribution in [0.15, 0.2) is 0 Å². The molecule has 0 radical (unpaired) electrons. The van der Waals surface area contributed by atoms with Crippen molar-refractivity contribution in [3.8, 4) is 0 Å². The molecule has 1 N–H and O–H groups in total. The number of Topliss-reactive ketones (excluding diaryl/α,β-unsaturated/α-hetero) is 1. The highest BCUT2D eigenvalue weighted by atomic mass is 16.2. The van der Waals surface area contributed by atoms with Gasteiger partial charge in [-0.3, -0.25) is 14.4 Å². The molecule has 0 bridgehead atoms. The molecule has 5 heteroatoms. The number of carbonyl (C=O) groups is 3. The number of piperidine rings is 1. The van der Waals surface area contributed by atoms with Crippen LogP contribution in [0.25, 0.3) is 0 Å². The zero-order valence-electron chi connectivity index (χ0n) is 14.4. The van der Waals surface area contributed by atoms with E-state index in [1.165, 1.54) is 0 Å². The average Bonchev–Trinajstić information content (AvgIpc) is 2.49. The summed E-state index contributed by atoms with van der Waals surface area (Å²) in [6.45, 7) is 7.18. The number of ketones is 1. The van der Waals surface area contributed by atoms with Crippen LogP contribution < -0.4 is 5.32 Å². The van der Waals surface area contributed by atoms with Crippen LogP contribution in [0.4, 0.5) is 0 Å². The Morgan fingerprint density at radius 1 is 1.18 bits per heavy atom. The van der Waals surface area contributed by atoms with Gasteiger partial charge in [-0.15, -0.1) is 0 Å². The standard InChI is InChI=1S/C17H30N2O3/c1-5-6-14(16(21)18-4)15(11-12(2)3)17(22)19-9-7-13(20)8-10-19/h12,14-15H,5-11H2,1-4H3,(H,18,21)/t14-,15+/m0/s1. The van der Waals surface area contributed by atoms with E-state index in [-0.39, 0.29) is 29.4 Å². The molecule has 1 rings (SSSR count). The molecule has 2 amide bonds. The average molecular weight is 310 g/mol. The summed E-state index contributed by atoms with van der Waals surface area (Å²) in [5, 5.41) is 2.70. The summed E-state index contributed by atoms with van der Waals surface area (Å²) >= 11 is 0. The van der Waals surface area contributed by atoms with E-state index in [1.807, 2.05) is 6.92 Å². The number of nitrogens with one attached hydrogen (secondary N) is 1. The molecular weight excluding hydrogens is 280 g/mol. The first-order valence-electron chi connectivity index (χ1n) is 8.42. The largest absolute Gasteiger partial charge is 0.359 e. The number of carbonyl (C=O) groups excluding carboxylic acids is 3. The Hall–Kier alpha value is -1.39. The summed E-state index contributed by atoms with van der Waals surface area (Å²) in [5.41, 5.74) is 0. The van der Waals surface area contributed by atoms with Crippen LogP contribution in [0.2, 0.25) is 0 Å². The van der Waals surface area contributed by atoms with Gasteiger partial charge in [-0.25, -0.2) is 0 Å². The summed E-state index contributed by atoms with van der Waals surface area (Å²) in [6, 6.07) is 0. The van der Waals surface area contributed by atoms with Crippen LogP contribution in [0.1, 0.15) is 52.9 Å². The molecule has 1 aliphatic heterocycles. The van der Waals surface area contributed by atoms with Crippen LogP contribution in [-0.4, -0.2) is 42.6 Å². The molecule has 1 heterocycles. The predicted octanol–water partition coefficient (Wildman–Crippen LogP) is 2.00. The minimum Gasteiger partial charge on any atom is -0.359 e. The second-order valence-corrected chi connectivity index (χ2v) is 6.61. The number of nitrogens with zero attached hydrogens (tertiary/aromatic N) is 1. The Labute approximate surface area is 133 Å². The molecule has 0 unspecified atom stereocenters. The molecule has 0 aromatic rings. The third-order valence-corrected chi connectivity index (χ3v) is 4.34. The molecule has 1 fully saturated rings. The lowest BCUT2D eigenvalue weighted by Gasteiger charge is -2.33. The van der Waals surface area contributed by atoms with Crippen molar-refractivity contribution in [1.82, 2.24) is 10.2 Å². The van der Waals surface area contributed by atoms with Crippen LogP contribution in [0, 0.1) is 17.8 Å². The first-order valence-corrected chi connectivity index (χ1v) is 8.42. The van der Waals surface area contributed by atoms with Gasteiger partial charge in [-0.05, 0) is 18.8 Å². The van der Waals surface area contributed by atoms with Crippen molar-refractivity contribution in [2.24, 2.45) is 17.8 Å². The maximum Gasteiger partial charge on any atom is 0.226 e. The summed E-state index contributed by atoms with van der Waals surface area (Å²) in [7, 11) is 1.63. The van der Waals surface area contributed by atoms with E-state index in [1.54, 1.807) is 11.9 Å². The van der Waals surface area contributed by atoms with Gasteiger partial charge in [0.2, 0.25) is 11.8 Å². The molecule has 22 heavy (non-hydrogen) atoms. The van der Waals surface area contributed by atoms with Crippen LogP contribution >= 0.6 is 0 Å². The minimum absolute atomic E-state index is 0.0447. The van der Waals surface area contributed by atoms with Crippen LogP contribution in [0.5, 0.6) is 0 Å². The Morgan fingerprint density at radius 3 is 2.23 bits per heavy atom. The Morgan fingerprint density at radius 2 is 1.77 bits per heavy atom. The third kappa shape index (κ3) is 5.11. The number of rotatable bonds is 7. The van der Waals surface area contributed by atoms with Gasteiger partial charge in [-0.2, -0.15) is 0 Å². The van der Waals surface area contributed by atoms with Gasteiger partial charge in [0, 0.05) is 44.8 Å². The van der Waals surface area contributed by atoms with Crippen LogP contribution in [-0.2, 0) is 14.4 Å². The summed E-state index contributed by atoms with van der Waals surface area (Å²) in [5.74, 6) is 0.0121. The number of hydrogen-bond acceptors (Lipinski definition) is 3. The summed E-state index contributed by atoms with van der Waals surface area (Å²) < 4.78 is 0. The SMILES string of the molecule is CCC[C@H](C(=O)NC)[C@@H](CC(C)C)C(=O)N1CCC(=O)CC1. The molecule has 2 atom stereocenters. The van der Waals surface area contributed by atoms with Gasteiger partial charge in [-0.1, -0.05) is 27.2 Å². The fraction of sp³-hybridized carbons (Fsp3) is 0.824. The monoisotopic (exact) mass is 310 g/mol. The predicted molar refractivity (Wildman–Crippen MR) is 86.2 cm³/mol. The minimum atomic E-state index is -0.284. The molecule has 0 aliphatic carbocycles. The van der Waals surface area contributed by atoms with Crippen molar-refractivity contribution in [3.63, 3.8) is 0 Å². The van der Waals surface area contributed by atoms with Gasteiger partial charge >= 0.3 is 0 Å². The smallest absolute Gasteiger partial charge is 0.226 e. The van der Waals surface area contributed by atoms with Crippen molar-refractivity contribution in [2.45, 2.75) is 52.9 Å². The summed E-state index contributed by atoms with van der Waals surface area (Å²) in [4.78, 5) is 38.3. The lowest BCUT2D eigenvalue weighted by molar-refractivity contribution is -0.144. The van der Waals surface area contributed by atoms with Gasteiger partial charge in [0.1, 0.15) is 5.78 Å². The molecule has 5 nitrogen and oxygen atoms in total. The van der Waals surface area contributed by atoms with E-state index in [4.69, 9.17) is 0 Å². The fourth-order valence-corrected chi connectivity index (χ4v) is 3.17. The van der Waals surface area contributed by atoms with Crippen LogP contribution in [0.3, 0.4) is 0 Å². The van der Waals surface area contributed by atoms with E-state index < -0.39 is 0 Å². The lowest BCUT2D eigenvalue weighted by atomic mass is 9.81. The lowest BCUT2D eigenvalue weighted by Crippen LogP contribution is -2.46. The number of hydrogen-bond donors (Lipinski definition) is 1. The maximum atomic E-state index is 12.9. The van der Waals surface area contributed by atoms with Crippen molar-refractivity contribution >= 4 is 17.6 Å². The normalized spacial score (nSPS) is 18.2. The molecule has 126 valence electrons. The first-order chi connectivity index (χ1) is 10.4. The molecular formula is C17H30N2O3. The van der Waals surface area contributed by atoms with Gasteiger partial charge in [0.05, 0.1) is 0 Å². The second kappa shape index (κ2) is 8.91. The molecule has 0 aromatic heterocycles. The highest BCUT2D eigenvalue weighted by Crippen LogP contribution is 2.28. The van der Waals surface area contributed by atoms with Crippen molar-refractivity contribution in [2.75, 3.05) is 20.1 Å². The molecule has 0 spiro atoms. The Kier molecular flexibility index (Phi) is 7.56. The number of likely N-dealkylation sites (tertiary alicyclic amines) is 1. The topological polar surface area (TPSA) is 66.5 Å². The fourth-order valence-electron chi connectivity index (χ4n) is 3.17. The third-order valence-electron chi connectivity index (χ3n) is 4.34. The second-order valence-electron chi connectivity index (χ2n) is 6.61. The quantitative estimate of drug-likeness (QED) is 0.782. The van der Waals surface area contributed by atoms with E-state index in [9.17, 15) is 14.4 Å². The van der Waals surface area contributed by atoms with Crippen molar-refractivity contribution < 1.29 is 14.4 Å². The van der Waals surface area contributed by atoms with Gasteiger partial charge in [0.25, 0.3) is 0 Å². The molecule has 1 saturated heterocycles. The van der Waals surface area contributed by atoms with Gasteiger partial charge in [0.15, 0.2) is 0 Å². The van der Waals surface area contributed by atoms with Crippen molar-refractivity contribution in [1.29, 1.82) is 0 Å². The highest BCUT2D eigenvalue weighted by molar-refractivity contribution is 5.89. The maximum absolute atomic E-state index is 12.9. The highest BCUT2D eigenvalue weighted by Gasteiger charge is 2.36. The molecule has 1 aliphatic rings. The van der Waals surface area contributed by atoms with E-state index in [0.717, 1.165) is 12.8 Å². The van der Waals surface area contributed by atoms with E-state index in [0.29, 0.717) is 38.3 Å². The van der Waals surface area contributed by atoms with E-state index >= 15 is 0 Å².